The number of benzene rings is 2. The van der Waals surface area contributed by atoms with E-state index in [9.17, 15) is 18.5 Å². The fraction of sp³-hybridized carbons (Fsp3) is 0.333. The van der Waals surface area contributed by atoms with E-state index in [0.29, 0.717) is 18.0 Å². The molecule has 0 radical (unpaired) electrons. The predicted molar refractivity (Wildman–Crippen MR) is 109 cm³/mol. The number of sulfonamides is 1. The molecule has 0 aliphatic heterocycles. The van der Waals surface area contributed by atoms with Crippen LogP contribution in [-0.4, -0.2) is 38.8 Å². The van der Waals surface area contributed by atoms with Gasteiger partial charge in [0, 0.05) is 12.7 Å². The lowest BCUT2D eigenvalue weighted by Crippen LogP contribution is -2.34. The number of likely N-dealkylation sites (N-methyl/N-ethyl adjacent to an activating group) is 1. The first kappa shape index (κ1) is 20.8. The fourth-order valence-corrected chi connectivity index (χ4v) is 4.13. The van der Waals surface area contributed by atoms with Crippen LogP contribution in [0.4, 0.5) is 5.69 Å². The van der Waals surface area contributed by atoms with Gasteiger partial charge in [0.1, 0.15) is 5.75 Å². The molecule has 1 aliphatic rings. The van der Waals surface area contributed by atoms with Crippen LogP contribution in [0.15, 0.2) is 53.4 Å². The van der Waals surface area contributed by atoms with Crippen LogP contribution in [0.2, 0.25) is 0 Å². The van der Waals surface area contributed by atoms with Gasteiger partial charge in [0.15, 0.2) is 0 Å². The van der Waals surface area contributed by atoms with Crippen molar-refractivity contribution in [1.82, 2.24) is 4.31 Å². The van der Waals surface area contributed by atoms with Crippen LogP contribution < -0.4 is 10.1 Å². The summed E-state index contributed by atoms with van der Waals surface area (Å²) < 4.78 is 31.6. The first-order valence-corrected chi connectivity index (χ1v) is 10.8. The van der Waals surface area contributed by atoms with E-state index in [1.807, 2.05) is 19.1 Å². The van der Waals surface area contributed by atoms with Crippen molar-refractivity contribution in [2.24, 2.45) is 0 Å². The topological polar surface area (TPSA) is 99.5 Å². The smallest absolute Gasteiger partial charge is 0.243 e. The number of nitrogens with zero attached hydrogens (tertiary/aromatic N) is 2. The van der Waals surface area contributed by atoms with Crippen LogP contribution in [-0.2, 0) is 20.2 Å². The lowest BCUT2D eigenvalue weighted by Gasteiger charge is -2.17. The van der Waals surface area contributed by atoms with Gasteiger partial charge in [-0.05, 0) is 61.7 Å². The van der Waals surface area contributed by atoms with Crippen LogP contribution in [0, 0.1) is 11.3 Å². The quantitative estimate of drug-likeness (QED) is 0.717. The molecule has 1 saturated carbocycles. The summed E-state index contributed by atoms with van der Waals surface area (Å²) >= 11 is 0. The second-order valence-electron chi connectivity index (χ2n) is 6.98. The van der Waals surface area contributed by atoms with Crippen molar-refractivity contribution in [3.8, 4) is 11.8 Å². The molecule has 152 valence electrons. The highest BCUT2D eigenvalue weighted by Gasteiger charge is 2.44. The molecule has 8 heteroatoms. The average Bonchev–Trinajstić information content (AvgIpc) is 3.50. The van der Waals surface area contributed by atoms with Crippen LogP contribution >= 0.6 is 0 Å². The van der Waals surface area contributed by atoms with Crippen molar-refractivity contribution in [2.75, 3.05) is 25.5 Å². The maximum absolute atomic E-state index is 12.7. The second kappa shape index (κ2) is 8.23. The molecule has 29 heavy (non-hydrogen) atoms. The van der Waals surface area contributed by atoms with Gasteiger partial charge < -0.3 is 10.1 Å². The van der Waals surface area contributed by atoms with Gasteiger partial charge in [-0.15, -0.1) is 0 Å². The highest BCUT2D eigenvalue weighted by molar-refractivity contribution is 7.89. The van der Waals surface area contributed by atoms with Crippen molar-refractivity contribution in [1.29, 1.82) is 5.26 Å². The number of rotatable bonds is 8. The number of nitriles is 1. The number of hydrogen-bond acceptors (Lipinski definition) is 5. The highest BCUT2D eigenvalue weighted by Crippen LogP contribution is 2.47. The highest BCUT2D eigenvalue weighted by atomic mass is 32.2. The normalized spacial score (nSPS) is 14.8. The van der Waals surface area contributed by atoms with Crippen LogP contribution in [0.5, 0.6) is 5.75 Å². The van der Waals surface area contributed by atoms with Crippen LogP contribution in [0.3, 0.4) is 0 Å². The summed E-state index contributed by atoms with van der Waals surface area (Å²) in [6, 6.07) is 15.5. The number of ether oxygens (including phenoxy) is 1. The largest absolute Gasteiger partial charge is 0.494 e. The molecule has 2 aromatic carbocycles. The van der Waals surface area contributed by atoms with Gasteiger partial charge in [0.05, 0.1) is 29.5 Å². The first-order valence-electron chi connectivity index (χ1n) is 9.31. The maximum atomic E-state index is 12.7. The molecule has 0 saturated heterocycles. The van der Waals surface area contributed by atoms with E-state index in [0.717, 1.165) is 22.7 Å². The third kappa shape index (κ3) is 4.58. The summed E-state index contributed by atoms with van der Waals surface area (Å²) in [5.41, 5.74) is 1.11. The van der Waals surface area contributed by atoms with E-state index in [4.69, 9.17) is 4.74 Å². The third-order valence-corrected chi connectivity index (χ3v) is 6.71. The Morgan fingerprint density at radius 2 is 1.79 bits per heavy atom. The molecule has 0 spiro atoms. The van der Waals surface area contributed by atoms with Crippen molar-refractivity contribution in [3.63, 3.8) is 0 Å². The second-order valence-corrected chi connectivity index (χ2v) is 9.03. The molecule has 0 aromatic heterocycles. The standard InChI is InChI=1S/C21H23N3O4S/c1-3-28-18-8-10-19(11-9-18)29(26,27)24(2)14-20(25)23-17-6-4-16(5-7-17)21(15-22)12-13-21/h4-11H,3,12-14H2,1-2H3,(H,23,25). The Balaban J connectivity index is 1.61. The van der Waals surface area contributed by atoms with Gasteiger partial charge in [-0.25, -0.2) is 8.42 Å². The minimum absolute atomic E-state index is 0.0897. The van der Waals surface area contributed by atoms with E-state index in [1.54, 1.807) is 24.3 Å². The van der Waals surface area contributed by atoms with Gasteiger partial charge in [0.25, 0.3) is 0 Å². The summed E-state index contributed by atoms with van der Waals surface area (Å²) in [5.74, 6) is 0.135. The van der Waals surface area contributed by atoms with Crippen LogP contribution in [0.25, 0.3) is 0 Å². The van der Waals surface area contributed by atoms with Gasteiger partial charge in [-0.1, -0.05) is 12.1 Å². The molecule has 0 atom stereocenters. The number of hydrogen-bond donors (Lipinski definition) is 1. The third-order valence-electron chi connectivity index (χ3n) is 4.89. The van der Waals surface area contributed by atoms with Gasteiger partial charge >= 0.3 is 0 Å². The molecular formula is C21H23N3O4S. The Morgan fingerprint density at radius 1 is 1.17 bits per heavy atom. The SMILES string of the molecule is CCOc1ccc(S(=O)(=O)N(C)CC(=O)Nc2ccc(C3(C#N)CC3)cc2)cc1. The van der Waals surface area contributed by atoms with Crippen molar-refractivity contribution in [2.45, 2.75) is 30.1 Å². The Morgan fingerprint density at radius 3 is 2.31 bits per heavy atom. The monoisotopic (exact) mass is 413 g/mol. The maximum Gasteiger partial charge on any atom is 0.243 e. The van der Waals surface area contributed by atoms with E-state index in [1.165, 1.54) is 19.2 Å². The molecule has 2 aromatic rings. The van der Waals surface area contributed by atoms with Crippen molar-refractivity contribution < 1.29 is 17.9 Å². The van der Waals surface area contributed by atoms with E-state index < -0.39 is 15.9 Å². The lowest BCUT2D eigenvalue weighted by atomic mass is 9.98. The molecule has 0 unspecified atom stereocenters. The van der Waals surface area contributed by atoms with E-state index >= 15 is 0 Å². The average molecular weight is 413 g/mol. The number of anilines is 1. The molecule has 1 N–H and O–H groups in total. The minimum atomic E-state index is -3.80. The van der Waals surface area contributed by atoms with Crippen molar-refractivity contribution in [3.05, 3.63) is 54.1 Å². The molecule has 0 bridgehead atoms. The zero-order chi connectivity index (χ0) is 21.1. The molecule has 0 heterocycles. The number of carbonyl (C=O) groups is 1. The Bertz CT molecular complexity index is 1020. The summed E-state index contributed by atoms with van der Waals surface area (Å²) in [6.07, 6.45) is 1.70. The fourth-order valence-electron chi connectivity index (χ4n) is 3.00. The Hall–Kier alpha value is -2.89. The number of carbonyl (C=O) groups excluding carboxylic acids is 1. The molecule has 3 rings (SSSR count). The molecule has 1 fully saturated rings. The van der Waals surface area contributed by atoms with Gasteiger partial charge in [-0.2, -0.15) is 9.57 Å². The summed E-state index contributed by atoms with van der Waals surface area (Å²) in [5, 5.41) is 11.9. The number of amides is 1. The zero-order valence-electron chi connectivity index (χ0n) is 16.4. The van der Waals surface area contributed by atoms with Gasteiger partial charge in [-0.3, -0.25) is 4.79 Å². The summed E-state index contributed by atoms with van der Waals surface area (Å²) in [6.45, 7) is 2.02. The molecule has 7 nitrogen and oxygen atoms in total. The molecule has 1 aliphatic carbocycles. The Labute approximate surface area is 171 Å². The van der Waals surface area contributed by atoms with E-state index in [2.05, 4.69) is 11.4 Å². The zero-order valence-corrected chi connectivity index (χ0v) is 17.2. The first-order chi connectivity index (χ1) is 13.8. The lowest BCUT2D eigenvalue weighted by molar-refractivity contribution is -0.116. The predicted octanol–water partition coefficient (Wildman–Crippen LogP) is 2.90. The van der Waals surface area contributed by atoms with Crippen molar-refractivity contribution >= 4 is 21.6 Å². The summed E-state index contributed by atoms with van der Waals surface area (Å²) in [4.78, 5) is 12.4. The minimum Gasteiger partial charge on any atom is -0.494 e. The number of nitrogens with one attached hydrogen (secondary N) is 1. The van der Waals surface area contributed by atoms with Crippen LogP contribution in [0.1, 0.15) is 25.3 Å². The molecular weight excluding hydrogens is 390 g/mol. The summed E-state index contributed by atoms with van der Waals surface area (Å²) in [7, 11) is -2.44. The van der Waals surface area contributed by atoms with E-state index in [-0.39, 0.29) is 16.9 Å². The Kier molecular flexibility index (Phi) is 5.91. The molecule has 1 amide bonds. The van der Waals surface area contributed by atoms with Gasteiger partial charge in [0.2, 0.25) is 15.9 Å².